The summed E-state index contributed by atoms with van der Waals surface area (Å²) >= 11 is 0. The van der Waals surface area contributed by atoms with Gasteiger partial charge >= 0.3 is 6.03 Å². The van der Waals surface area contributed by atoms with Crippen LogP contribution in [0.25, 0.3) is 0 Å². The van der Waals surface area contributed by atoms with Crippen LogP contribution in [-0.4, -0.2) is 43.0 Å². The Morgan fingerprint density at radius 2 is 1.94 bits per heavy atom. The van der Waals surface area contributed by atoms with Crippen molar-refractivity contribution in [3.05, 3.63) is 0 Å². The first-order chi connectivity index (χ1) is 8.01. The second-order valence-electron chi connectivity index (χ2n) is 5.76. The third-order valence-electron chi connectivity index (χ3n) is 4.45. The first-order valence-electron chi connectivity index (χ1n) is 6.39. The predicted molar refractivity (Wildman–Crippen MR) is 65.2 cm³/mol. The highest BCUT2D eigenvalue weighted by molar-refractivity contribution is 5.74. The quantitative estimate of drug-likeness (QED) is 0.697. The van der Waals surface area contributed by atoms with Gasteiger partial charge in [0.2, 0.25) is 0 Å². The molecule has 1 saturated carbocycles. The van der Waals surface area contributed by atoms with Crippen LogP contribution < -0.4 is 0 Å². The van der Waals surface area contributed by atoms with Gasteiger partial charge in [0, 0.05) is 27.2 Å². The van der Waals surface area contributed by atoms with Gasteiger partial charge in [0.1, 0.15) is 0 Å². The van der Waals surface area contributed by atoms with Crippen molar-refractivity contribution in [1.29, 1.82) is 5.26 Å². The number of rotatable bonds is 1. The topological polar surface area (TPSA) is 47.3 Å². The number of nitriles is 1. The highest BCUT2D eigenvalue weighted by Crippen LogP contribution is 2.50. The average molecular weight is 235 g/mol. The Kier molecular flexibility index (Phi) is 3.03. The van der Waals surface area contributed by atoms with Crippen molar-refractivity contribution in [2.75, 3.05) is 27.2 Å². The van der Waals surface area contributed by atoms with Crippen LogP contribution in [0.2, 0.25) is 0 Å². The first-order valence-corrected chi connectivity index (χ1v) is 6.39. The summed E-state index contributed by atoms with van der Waals surface area (Å²) in [7, 11) is 3.59. The fourth-order valence-electron chi connectivity index (χ4n) is 3.39. The Bertz CT molecular complexity index is 344. The molecule has 0 aromatic carbocycles. The van der Waals surface area contributed by atoms with Gasteiger partial charge in [-0.3, -0.25) is 0 Å². The third kappa shape index (κ3) is 1.99. The second-order valence-corrected chi connectivity index (χ2v) is 5.76. The molecule has 1 unspecified atom stereocenters. The minimum Gasteiger partial charge on any atom is -0.331 e. The van der Waals surface area contributed by atoms with E-state index in [1.807, 2.05) is 4.90 Å². The molecule has 17 heavy (non-hydrogen) atoms. The Labute approximate surface area is 103 Å². The van der Waals surface area contributed by atoms with E-state index in [-0.39, 0.29) is 11.4 Å². The number of carbonyl (C=O) groups is 1. The van der Waals surface area contributed by atoms with E-state index < -0.39 is 0 Å². The molecule has 4 heteroatoms. The second kappa shape index (κ2) is 4.21. The Morgan fingerprint density at radius 3 is 2.29 bits per heavy atom. The number of hydrogen-bond donors (Lipinski definition) is 0. The average Bonchev–Trinajstić information content (AvgIpc) is 2.83. The van der Waals surface area contributed by atoms with Crippen molar-refractivity contribution in [3.63, 3.8) is 0 Å². The fraction of sp³-hybridized carbons (Fsp3) is 0.846. The van der Waals surface area contributed by atoms with Gasteiger partial charge in [0.15, 0.2) is 0 Å². The Balaban J connectivity index is 2.01. The number of urea groups is 1. The maximum absolute atomic E-state index is 11.9. The maximum atomic E-state index is 11.9. The zero-order valence-electron chi connectivity index (χ0n) is 10.9. The zero-order chi connectivity index (χ0) is 12.6. The molecule has 0 radical (unpaired) electrons. The van der Waals surface area contributed by atoms with E-state index in [1.54, 1.807) is 19.0 Å². The van der Waals surface area contributed by atoms with Gasteiger partial charge in [-0.15, -0.1) is 0 Å². The van der Waals surface area contributed by atoms with Crippen LogP contribution in [0, 0.1) is 28.6 Å². The number of carbonyl (C=O) groups excluding carboxylic acids is 1. The van der Waals surface area contributed by atoms with E-state index in [9.17, 15) is 10.1 Å². The molecule has 1 heterocycles. The summed E-state index contributed by atoms with van der Waals surface area (Å²) in [6.45, 7) is 3.78. The fourth-order valence-corrected chi connectivity index (χ4v) is 3.39. The SMILES string of the molecule is CCC1(C#N)C[C@H]2CN(C(=O)N(C)C)C[C@H]2C1. The summed E-state index contributed by atoms with van der Waals surface area (Å²) < 4.78 is 0. The Hall–Kier alpha value is -1.24. The standard InChI is InChI=1S/C13H21N3O/c1-4-13(9-14)5-10-7-16(8-11(10)6-13)12(17)15(2)3/h10-11H,4-8H2,1-3H3/t10-,11+,13?. The number of amides is 2. The van der Waals surface area contributed by atoms with Crippen LogP contribution in [0.3, 0.4) is 0 Å². The third-order valence-corrected chi connectivity index (χ3v) is 4.45. The van der Waals surface area contributed by atoms with E-state index >= 15 is 0 Å². The van der Waals surface area contributed by atoms with E-state index in [0.29, 0.717) is 11.8 Å². The van der Waals surface area contributed by atoms with Gasteiger partial charge in [-0.05, 0) is 31.1 Å². The Morgan fingerprint density at radius 1 is 1.41 bits per heavy atom. The summed E-state index contributed by atoms with van der Waals surface area (Å²) in [5.74, 6) is 1.08. The van der Waals surface area contributed by atoms with E-state index in [4.69, 9.17) is 0 Å². The first kappa shape index (κ1) is 12.2. The minimum absolute atomic E-state index is 0.109. The minimum atomic E-state index is -0.109. The molecular weight excluding hydrogens is 214 g/mol. The van der Waals surface area contributed by atoms with E-state index in [2.05, 4.69) is 13.0 Å². The van der Waals surface area contributed by atoms with Crippen LogP contribution in [-0.2, 0) is 0 Å². The molecule has 1 aliphatic carbocycles. The highest BCUT2D eigenvalue weighted by atomic mass is 16.2. The van der Waals surface area contributed by atoms with Crippen molar-refractivity contribution in [1.82, 2.24) is 9.80 Å². The number of nitrogens with zero attached hydrogens (tertiary/aromatic N) is 3. The lowest BCUT2D eigenvalue weighted by atomic mass is 9.83. The molecule has 0 N–H and O–H groups in total. The zero-order valence-corrected chi connectivity index (χ0v) is 10.9. The van der Waals surface area contributed by atoms with Gasteiger partial charge < -0.3 is 9.80 Å². The maximum Gasteiger partial charge on any atom is 0.319 e. The molecule has 1 aliphatic heterocycles. The van der Waals surface area contributed by atoms with Crippen LogP contribution >= 0.6 is 0 Å². The molecule has 2 fully saturated rings. The van der Waals surface area contributed by atoms with Crippen molar-refractivity contribution in [2.24, 2.45) is 17.3 Å². The van der Waals surface area contributed by atoms with Gasteiger partial charge in [-0.25, -0.2) is 4.79 Å². The number of likely N-dealkylation sites (tertiary alicyclic amines) is 1. The lowest BCUT2D eigenvalue weighted by Gasteiger charge is -2.25. The summed E-state index contributed by atoms with van der Waals surface area (Å²) in [4.78, 5) is 15.4. The number of hydrogen-bond acceptors (Lipinski definition) is 2. The summed E-state index contributed by atoms with van der Waals surface area (Å²) in [5, 5.41) is 9.30. The highest BCUT2D eigenvalue weighted by Gasteiger charge is 2.49. The number of fused-ring (bicyclic) bond motifs is 1. The van der Waals surface area contributed by atoms with Crippen LogP contribution in [0.1, 0.15) is 26.2 Å². The van der Waals surface area contributed by atoms with Crippen LogP contribution in [0.15, 0.2) is 0 Å². The lowest BCUT2D eigenvalue weighted by Crippen LogP contribution is -2.38. The summed E-state index contributed by atoms with van der Waals surface area (Å²) in [6.07, 6.45) is 2.89. The predicted octanol–water partition coefficient (Wildman–Crippen LogP) is 1.93. The smallest absolute Gasteiger partial charge is 0.319 e. The summed E-state index contributed by atoms with van der Waals surface area (Å²) in [6, 6.07) is 2.62. The largest absolute Gasteiger partial charge is 0.331 e. The normalized spacial score (nSPS) is 35.5. The lowest BCUT2D eigenvalue weighted by molar-refractivity contribution is 0.175. The van der Waals surface area contributed by atoms with Crippen LogP contribution in [0.4, 0.5) is 4.79 Å². The molecule has 0 aromatic heterocycles. The molecule has 3 atom stereocenters. The molecule has 4 nitrogen and oxygen atoms in total. The molecule has 0 spiro atoms. The summed E-state index contributed by atoms with van der Waals surface area (Å²) in [5.41, 5.74) is -0.109. The van der Waals surface area contributed by atoms with Gasteiger partial charge in [0.25, 0.3) is 0 Å². The monoisotopic (exact) mass is 235 g/mol. The molecule has 2 rings (SSSR count). The van der Waals surface area contributed by atoms with Crippen molar-refractivity contribution in [2.45, 2.75) is 26.2 Å². The molecule has 0 bridgehead atoms. The van der Waals surface area contributed by atoms with Gasteiger partial charge in [0.05, 0.1) is 11.5 Å². The molecule has 1 saturated heterocycles. The van der Waals surface area contributed by atoms with Crippen molar-refractivity contribution < 1.29 is 4.79 Å². The molecule has 2 amide bonds. The van der Waals surface area contributed by atoms with Gasteiger partial charge in [-0.1, -0.05) is 6.92 Å². The van der Waals surface area contributed by atoms with E-state index in [0.717, 1.165) is 32.4 Å². The molecule has 0 aromatic rings. The van der Waals surface area contributed by atoms with Gasteiger partial charge in [-0.2, -0.15) is 5.26 Å². The van der Waals surface area contributed by atoms with Crippen molar-refractivity contribution in [3.8, 4) is 6.07 Å². The van der Waals surface area contributed by atoms with E-state index in [1.165, 1.54) is 0 Å². The van der Waals surface area contributed by atoms with Crippen molar-refractivity contribution >= 4 is 6.03 Å². The van der Waals surface area contributed by atoms with Crippen LogP contribution in [0.5, 0.6) is 0 Å². The molecule has 94 valence electrons. The molecule has 2 aliphatic rings. The molecular formula is C13H21N3O.